The number of hydrogen-bond donors (Lipinski definition) is 1. The van der Waals surface area contributed by atoms with Gasteiger partial charge in [-0.25, -0.2) is 0 Å². The van der Waals surface area contributed by atoms with Crippen LogP contribution in [0.4, 0.5) is 0 Å². The van der Waals surface area contributed by atoms with Gasteiger partial charge in [0.25, 0.3) is 0 Å². The molecule has 3 heteroatoms. The third-order valence-corrected chi connectivity index (χ3v) is 2.96. The first-order chi connectivity index (χ1) is 7.20. The molecule has 2 N–H and O–H groups in total. The fourth-order valence-corrected chi connectivity index (χ4v) is 2.31. The van der Waals surface area contributed by atoms with Crippen LogP contribution in [0.15, 0.2) is 12.1 Å². The molecule has 1 heterocycles. The van der Waals surface area contributed by atoms with E-state index in [0.717, 1.165) is 36.6 Å². The molecule has 0 amide bonds. The molecule has 1 aliphatic heterocycles. The van der Waals surface area contributed by atoms with Crippen molar-refractivity contribution in [3.8, 4) is 5.75 Å². The number of fused-ring (bicyclic) bond motifs is 1. The van der Waals surface area contributed by atoms with Gasteiger partial charge in [0.2, 0.25) is 0 Å². The maximum Gasteiger partial charge on any atom is 0.141 e. The lowest BCUT2D eigenvalue weighted by molar-refractivity contribution is 0.255. The van der Waals surface area contributed by atoms with Gasteiger partial charge in [0, 0.05) is 6.42 Å². The number of aryl methyl sites for hydroxylation is 1. The zero-order chi connectivity index (χ0) is 10.8. The van der Waals surface area contributed by atoms with E-state index in [2.05, 4.69) is 13.0 Å². The highest BCUT2D eigenvalue weighted by Gasteiger charge is 2.22. The van der Waals surface area contributed by atoms with Gasteiger partial charge < -0.3 is 10.5 Å². The van der Waals surface area contributed by atoms with Crippen LogP contribution in [0.1, 0.15) is 24.5 Å². The lowest BCUT2D eigenvalue weighted by Crippen LogP contribution is -2.05. The van der Waals surface area contributed by atoms with Gasteiger partial charge in [-0.05, 0) is 43.5 Å². The summed E-state index contributed by atoms with van der Waals surface area (Å²) in [6.45, 7) is 2.79. The molecule has 0 radical (unpaired) electrons. The molecule has 82 valence electrons. The largest absolute Gasteiger partial charge is 0.489 e. The minimum atomic E-state index is 0.252. The van der Waals surface area contributed by atoms with E-state index in [-0.39, 0.29) is 6.10 Å². The maximum absolute atomic E-state index is 6.16. The number of ether oxygens (including phenoxy) is 1. The van der Waals surface area contributed by atoms with Gasteiger partial charge in [-0.3, -0.25) is 0 Å². The number of hydrogen-bond acceptors (Lipinski definition) is 2. The Labute approximate surface area is 95.4 Å². The topological polar surface area (TPSA) is 35.2 Å². The summed E-state index contributed by atoms with van der Waals surface area (Å²) in [7, 11) is 0. The van der Waals surface area contributed by atoms with E-state index in [1.165, 1.54) is 11.1 Å². The van der Waals surface area contributed by atoms with Gasteiger partial charge in [0.1, 0.15) is 11.9 Å². The third-order valence-electron chi connectivity index (χ3n) is 2.68. The van der Waals surface area contributed by atoms with Gasteiger partial charge in [0.15, 0.2) is 0 Å². The first kappa shape index (κ1) is 10.8. The highest BCUT2D eigenvalue weighted by molar-refractivity contribution is 6.32. The van der Waals surface area contributed by atoms with Gasteiger partial charge >= 0.3 is 0 Å². The van der Waals surface area contributed by atoms with E-state index in [1.807, 2.05) is 6.07 Å². The van der Waals surface area contributed by atoms with Gasteiger partial charge in [-0.1, -0.05) is 17.7 Å². The van der Waals surface area contributed by atoms with Crippen LogP contribution in [0.2, 0.25) is 5.02 Å². The summed E-state index contributed by atoms with van der Waals surface area (Å²) in [5.74, 6) is 0.876. The second-order valence-corrected chi connectivity index (χ2v) is 4.50. The van der Waals surface area contributed by atoms with Crippen LogP contribution in [0.3, 0.4) is 0 Å². The van der Waals surface area contributed by atoms with Crippen LogP contribution >= 0.6 is 11.6 Å². The Kier molecular flexibility index (Phi) is 3.17. The van der Waals surface area contributed by atoms with E-state index < -0.39 is 0 Å². The van der Waals surface area contributed by atoms with Gasteiger partial charge in [-0.15, -0.1) is 0 Å². The van der Waals surface area contributed by atoms with E-state index in [1.54, 1.807) is 0 Å². The summed E-state index contributed by atoms with van der Waals surface area (Å²) < 4.78 is 5.64. The Balaban J connectivity index is 2.23. The third kappa shape index (κ3) is 2.27. The molecule has 0 saturated carbocycles. The predicted molar refractivity (Wildman–Crippen MR) is 62.6 cm³/mol. The summed E-state index contributed by atoms with van der Waals surface area (Å²) in [5.41, 5.74) is 8.00. The van der Waals surface area contributed by atoms with Crippen molar-refractivity contribution in [1.29, 1.82) is 0 Å². The fraction of sp³-hybridized carbons (Fsp3) is 0.500. The Bertz CT molecular complexity index is 365. The molecule has 0 fully saturated rings. The standard InChI is InChI=1S/C12H16ClNO/c1-8-5-10-6-9(3-2-4-14)7-11(13)12(10)15-8/h6-8H,2-5,14H2,1H3. The average molecular weight is 226 g/mol. The van der Waals surface area contributed by atoms with Crippen molar-refractivity contribution in [2.45, 2.75) is 32.3 Å². The molecule has 1 atom stereocenters. The van der Waals surface area contributed by atoms with Crippen LogP contribution in [0.5, 0.6) is 5.75 Å². The van der Waals surface area contributed by atoms with Crippen molar-refractivity contribution in [3.05, 3.63) is 28.3 Å². The molecule has 0 aliphatic carbocycles. The second-order valence-electron chi connectivity index (χ2n) is 4.09. The summed E-state index contributed by atoms with van der Waals surface area (Å²) >= 11 is 6.16. The van der Waals surface area contributed by atoms with Crippen LogP contribution in [0, 0.1) is 0 Å². The summed E-state index contributed by atoms with van der Waals surface area (Å²) in [6, 6.07) is 4.19. The van der Waals surface area contributed by atoms with Crippen molar-refractivity contribution in [2.75, 3.05) is 6.54 Å². The quantitative estimate of drug-likeness (QED) is 0.858. The lowest BCUT2D eigenvalue weighted by atomic mass is 10.0. The van der Waals surface area contributed by atoms with Crippen molar-refractivity contribution < 1.29 is 4.74 Å². The molecule has 0 bridgehead atoms. The summed E-state index contributed by atoms with van der Waals surface area (Å²) in [4.78, 5) is 0. The average Bonchev–Trinajstić information content (AvgIpc) is 2.56. The molecule has 0 saturated heterocycles. The number of nitrogens with two attached hydrogens (primary N) is 1. The molecule has 1 aromatic carbocycles. The summed E-state index contributed by atoms with van der Waals surface area (Å²) in [5, 5.41) is 0.740. The fourth-order valence-electron chi connectivity index (χ4n) is 2.00. The van der Waals surface area contributed by atoms with Crippen molar-refractivity contribution in [1.82, 2.24) is 0 Å². The zero-order valence-corrected chi connectivity index (χ0v) is 9.68. The van der Waals surface area contributed by atoms with Crippen molar-refractivity contribution in [3.63, 3.8) is 0 Å². The number of halogens is 1. The van der Waals surface area contributed by atoms with E-state index in [4.69, 9.17) is 22.1 Å². The predicted octanol–water partition coefficient (Wildman–Crippen LogP) is 2.55. The minimum absolute atomic E-state index is 0.252. The highest BCUT2D eigenvalue weighted by atomic mass is 35.5. The van der Waals surface area contributed by atoms with E-state index in [9.17, 15) is 0 Å². The normalized spacial score (nSPS) is 18.7. The van der Waals surface area contributed by atoms with Gasteiger partial charge in [-0.2, -0.15) is 0 Å². The molecule has 1 aromatic rings. The van der Waals surface area contributed by atoms with Crippen LogP contribution in [-0.4, -0.2) is 12.6 Å². The molecule has 0 spiro atoms. The molecule has 1 aliphatic rings. The first-order valence-corrected chi connectivity index (χ1v) is 5.76. The Morgan fingerprint density at radius 3 is 3.07 bits per heavy atom. The maximum atomic E-state index is 6.16. The smallest absolute Gasteiger partial charge is 0.141 e. The number of benzene rings is 1. The Morgan fingerprint density at radius 2 is 2.33 bits per heavy atom. The van der Waals surface area contributed by atoms with Crippen LogP contribution in [-0.2, 0) is 12.8 Å². The Hall–Kier alpha value is -0.730. The molecule has 1 unspecified atom stereocenters. The second kappa shape index (κ2) is 4.42. The first-order valence-electron chi connectivity index (χ1n) is 5.38. The zero-order valence-electron chi connectivity index (χ0n) is 8.92. The highest BCUT2D eigenvalue weighted by Crippen LogP contribution is 2.37. The molecular weight excluding hydrogens is 210 g/mol. The Morgan fingerprint density at radius 1 is 1.53 bits per heavy atom. The minimum Gasteiger partial charge on any atom is -0.489 e. The lowest BCUT2D eigenvalue weighted by Gasteiger charge is -2.06. The molecule has 2 rings (SSSR count). The molecular formula is C12H16ClNO. The van der Waals surface area contributed by atoms with Crippen LogP contribution < -0.4 is 10.5 Å². The van der Waals surface area contributed by atoms with Crippen LogP contribution in [0.25, 0.3) is 0 Å². The molecule has 2 nitrogen and oxygen atoms in total. The van der Waals surface area contributed by atoms with Crippen molar-refractivity contribution in [2.24, 2.45) is 5.73 Å². The molecule has 15 heavy (non-hydrogen) atoms. The SMILES string of the molecule is CC1Cc2cc(CCCN)cc(Cl)c2O1. The van der Waals surface area contributed by atoms with Gasteiger partial charge in [0.05, 0.1) is 5.02 Å². The summed E-state index contributed by atoms with van der Waals surface area (Å²) in [6.07, 6.45) is 3.22. The van der Waals surface area contributed by atoms with Crippen molar-refractivity contribution >= 4 is 11.6 Å². The number of rotatable bonds is 3. The molecule has 0 aromatic heterocycles. The monoisotopic (exact) mass is 225 g/mol. The van der Waals surface area contributed by atoms with E-state index in [0.29, 0.717) is 0 Å². The van der Waals surface area contributed by atoms with E-state index >= 15 is 0 Å².